The van der Waals surface area contributed by atoms with Crippen molar-refractivity contribution in [2.24, 2.45) is 13.0 Å². The molecule has 0 unspecified atom stereocenters. The fraction of sp³-hybridized carbons (Fsp3) is 0.533. The van der Waals surface area contributed by atoms with E-state index < -0.39 is 0 Å². The van der Waals surface area contributed by atoms with E-state index in [0.29, 0.717) is 12.5 Å². The molecule has 0 aliphatic carbocycles. The molecule has 0 radical (unpaired) electrons. The van der Waals surface area contributed by atoms with Crippen LogP contribution in [0.3, 0.4) is 0 Å². The predicted octanol–water partition coefficient (Wildman–Crippen LogP) is 1.27. The van der Waals surface area contributed by atoms with Crippen LogP contribution in [0.2, 0.25) is 0 Å². The van der Waals surface area contributed by atoms with Crippen molar-refractivity contribution in [3.8, 4) is 0 Å². The van der Waals surface area contributed by atoms with Crippen molar-refractivity contribution in [3.05, 3.63) is 18.5 Å². The van der Waals surface area contributed by atoms with Crippen molar-refractivity contribution in [2.45, 2.75) is 13.8 Å². The Hall–Kier alpha value is -2.11. The average Bonchev–Trinajstić information content (AvgIpc) is 2.83. The molecule has 0 saturated carbocycles. The Morgan fingerprint density at radius 3 is 2.86 bits per heavy atom. The van der Waals surface area contributed by atoms with Gasteiger partial charge in [-0.3, -0.25) is 9.48 Å². The van der Waals surface area contributed by atoms with E-state index in [1.807, 2.05) is 24.2 Å². The summed E-state index contributed by atoms with van der Waals surface area (Å²) in [5, 5.41) is 5.26. The summed E-state index contributed by atoms with van der Waals surface area (Å²) in [6, 6.07) is 1.97. The number of hydrogen-bond acceptors (Lipinski definition) is 4. The minimum atomic E-state index is 0.198. The van der Waals surface area contributed by atoms with Crippen molar-refractivity contribution in [2.75, 3.05) is 31.1 Å². The lowest BCUT2D eigenvalue weighted by atomic mass is 10.1. The highest BCUT2D eigenvalue weighted by Crippen LogP contribution is 2.26. The fourth-order valence-electron chi connectivity index (χ4n) is 2.86. The number of aryl methyl sites for hydroxylation is 1. The van der Waals surface area contributed by atoms with Gasteiger partial charge in [0.25, 0.3) is 0 Å². The molecule has 1 saturated heterocycles. The number of fused-ring (bicyclic) bond motifs is 1. The monoisotopic (exact) mass is 287 g/mol. The van der Waals surface area contributed by atoms with Crippen molar-refractivity contribution < 1.29 is 4.79 Å². The van der Waals surface area contributed by atoms with Gasteiger partial charge in [0.15, 0.2) is 5.65 Å². The maximum absolute atomic E-state index is 12.3. The van der Waals surface area contributed by atoms with E-state index >= 15 is 0 Å². The molecule has 0 spiro atoms. The zero-order valence-electron chi connectivity index (χ0n) is 12.8. The number of pyridine rings is 1. The number of aromatic nitrogens is 3. The largest absolute Gasteiger partial charge is 0.360 e. The van der Waals surface area contributed by atoms with Gasteiger partial charge in [-0.15, -0.1) is 0 Å². The number of piperazine rings is 1. The van der Waals surface area contributed by atoms with Gasteiger partial charge >= 0.3 is 0 Å². The van der Waals surface area contributed by atoms with Gasteiger partial charge < -0.3 is 9.80 Å². The van der Waals surface area contributed by atoms with E-state index in [4.69, 9.17) is 0 Å². The summed E-state index contributed by atoms with van der Waals surface area (Å²) in [5.74, 6) is 0.704. The van der Waals surface area contributed by atoms with Gasteiger partial charge in [-0.2, -0.15) is 5.10 Å². The van der Waals surface area contributed by atoms with Crippen LogP contribution in [0.4, 0.5) is 5.69 Å². The summed E-state index contributed by atoms with van der Waals surface area (Å²) in [4.78, 5) is 20.7. The molecule has 112 valence electrons. The van der Waals surface area contributed by atoms with Crippen molar-refractivity contribution in [3.63, 3.8) is 0 Å². The molecule has 6 nitrogen and oxygen atoms in total. The van der Waals surface area contributed by atoms with Crippen LogP contribution in [0.15, 0.2) is 18.5 Å². The van der Waals surface area contributed by atoms with Crippen molar-refractivity contribution in [1.82, 2.24) is 19.7 Å². The Bertz CT molecular complexity index is 663. The summed E-state index contributed by atoms with van der Waals surface area (Å²) in [5.41, 5.74) is 1.90. The van der Waals surface area contributed by atoms with Crippen LogP contribution in [-0.4, -0.2) is 51.8 Å². The highest BCUT2D eigenvalue weighted by molar-refractivity contribution is 5.92. The maximum Gasteiger partial charge on any atom is 0.242 e. The molecule has 21 heavy (non-hydrogen) atoms. The number of amides is 1. The number of carbonyl (C=O) groups is 1. The van der Waals surface area contributed by atoms with Crippen molar-refractivity contribution in [1.29, 1.82) is 0 Å². The Labute approximate surface area is 124 Å². The molecule has 1 aliphatic rings. The summed E-state index contributed by atoms with van der Waals surface area (Å²) < 4.78 is 1.76. The van der Waals surface area contributed by atoms with E-state index in [1.54, 1.807) is 10.9 Å². The van der Waals surface area contributed by atoms with E-state index in [9.17, 15) is 4.79 Å². The minimum Gasteiger partial charge on any atom is -0.360 e. The van der Waals surface area contributed by atoms with E-state index in [0.717, 1.165) is 36.4 Å². The second-order valence-electron chi connectivity index (χ2n) is 5.99. The third kappa shape index (κ3) is 2.57. The maximum atomic E-state index is 12.3. The normalized spacial score (nSPS) is 16.3. The highest BCUT2D eigenvalue weighted by Gasteiger charge is 2.25. The van der Waals surface area contributed by atoms with E-state index in [-0.39, 0.29) is 5.91 Å². The molecule has 2 aromatic heterocycles. The molecule has 6 heteroatoms. The number of anilines is 1. The van der Waals surface area contributed by atoms with Crippen LogP contribution in [0.25, 0.3) is 11.0 Å². The Morgan fingerprint density at radius 2 is 2.14 bits per heavy atom. The second kappa shape index (κ2) is 5.35. The topological polar surface area (TPSA) is 54.3 Å². The Morgan fingerprint density at radius 1 is 1.33 bits per heavy atom. The molecule has 0 N–H and O–H groups in total. The molecule has 0 aromatic carbocycles. The molecule has 1 amide bonds. The lowest BCUT2D eigenvalue weighted by Gasteiger charge is -2.36. The summed E-state index contributed by atoms with van der Waals surface area (Å²) in [6.45, 7) is 7.18. The first-order valence-corrected chi connectivity index (χ1v) is 7.35. The molecule has 0 bridgehead atoms. The van der Waals surface area contributed by atoms with Crippen LogP contribution < -0.4 is 4.90 Å². The molecular weight excluding hydrogens is 266 g/mol. The molecule has 3 rings (SSSR count). The van der Waals surface area contributed by atoms with Gasteiger partial charge in [0.1, 0.15) is 0 Å². The number of hydrogen-bond donors (Lipinski definition) is 0. The summed E-state index contributed by atoms with van der Waals surface area (Å²) in [7, 11) is 1.88. The van der Waals surface area contributed by atoms with Crippen LogP contribution in [0.1, 0.15) is 13.8 Å². The first-order chi connectivity index (χ1) is 10.1. The minimum absolute atomic E-state index is 0.198. The molecule has 0 atom stereocenters. The molecule has 2 aromatic rings. The lowest BCUT2D eigenvalue weighted by Crippen LogP contribution is -2.51. The van der Waals surface area contributed by atoms with Gasteiger partial charge in [-0.25, -0.2) is 4.98 Å². The van der Waals surface area contributed by atoms with Crippen LogP contribution >= 0.6 is 0 Å². The number of carbonyl (C=O) groups excluding carboxylic acids is 1. The average molecular weight is 287 g/mol. The van der Waals surface area contributed by atoms with E-state index in [1.165, 1.54) is 0 Å². The van der Waals surface area contributed by atoms with Gasteiger partial charge in [0.05, 0.1) is 23.8 Å². The summed E-state index contributed by atoms with van der Waals surface area (Å²) in [6.07, 6.45) is 3.60. The lowest BCUT2D eigenvalue weighted by molar-refractivity contribution is -0.131. The van der Waals surface area contributed by atoms with Crippen molar-refractivity contribution >= 4 is 22.6 Å². The Kier molecular flexibility index (Phi) is 3.53. The molecular formula is C15H21N5O. The first-order valence-electron chi connectivity index (χ1n) is 7.35. The predicted molar refractivity (Wildman–Crippen MR) is 82.1 cm³/mol. The zero-order valence-corrected chi connectivity index (χ0v) is 12.8. The highest BCUT2D eigenvalue weighted by atomic mass is 16.2. The van der Waals surface area contributed by atoms with Crippen LogP contribution in [0.5, 0.6) is 0 Å². The van der Waals surface area contributed by atoms with Gasteiger partial charge in [-0.1, -0.05) is 13.8 Å². The number of rotatable bonds is 3. The molecule has 1 aliphatic heterocycles. The third-order valence-electron chi connectivity index (χ3n) is 3.86. The SMILES string of the molecule is CC(C)CN1CCN(c2ccnc3c2cnn3C)CC1=O. The first kappa shape index (κ1) is 13.9. The molecule has 3 heterocycles. The Balaban J connectivity index is 1.83. The third-order valence-corrected chi connectivity index (χ3v) is 3.86. The molecule has 1 fully saturated rings. The van der Waals surface area contributed by atoms with Gasteiger partial charge in [0.2, 0.25) is 5.91 Å². The second-order valence-corrected chi connectivity index (χ2v) is 5.99. The number of nitrogens with zero attached hydrogens (tertiary/aromatic N) is 5. The fourth-order valence-corrected chi connectivity index (χ4v) is 2.86. The van der Waals surface area contributed by atoms with E-state index in [2.05, 4.69) is 28.8 Å². The quantitative estimate of drug-likeness (QED) is 0.853. The standard InChI is InChI=1S/C15H21N5O/c1-11(2)9-20-7-6-19(10-14(20)21)13-4-5-16-15-12(13)8-17-18(15)3/h4-5,8,11H,6-7,9-10H2,1-3H3. The van der Waals surface area contributed by atoms with Gasteiger partial charge in [0, 0.05) is 32.9 Å². The summed E-state index contributed by atoms with van der Waals surface area (Å²) >= 11 is 0. The van der Waals surface area contributed by atoms with Crippen LogP contribution in [-0.2, 0) is 11.8 Å². The smallest absolute Gasteiger partial charge is 0.242 e. The van der Waals surface area contributed by atoms with Crippen LogP contribution in [0, 0.1) is 5.92 Å². The van der Waals surface area contributed by atoms with Gasteiger partial charge in [-0.05, 0) is 12.0 Å². The zero-order chi connectivity index (χ0) is 15.0.